The summed E-state index contributed by atoms with van der Waals surface area (Å²) in [4.78, 5) is 24.5. The molecule has 5 nitrogen and oxygen atoms in total. The number of amides is 1. The van der Waals surface area contributed by atoms with Gasteiger partial charge in [-0.05, 0) is 0 Å². The van der Waals surface area contributed by atoms with Crippen molar-refractivity contribution in [1.82, 2.24) is 10.3 Å². The number of hydrogen-bond acceptors (Lipinski definition) is 4. The summed E-state index contributed by atoms with van der Waals surface area (Å²) in [6.45, 7) is -0.541. The minimum absolute atomic E-state index is 0.422. The van der Waals surface area contributed by atoms with Gasteiger partial charge in [-0.2, -0.15) is 13.8 Å². The highest BCUT2D eigenvalue weighted by Gasteiger charge is 2.19. The van der Waals surface area contributed by atoms with Gasteiger partial charge in [0.2, 0.25) is 5.95 Å². The van der Waals surface area contributed by atoms with Crippen LogP contribution in [0.4, 0.5) is 13.2 Å². The quantitative estimate of drug-likeness (QED) is 0.621. The molecule has 0 spiro atoms. The second kappa shape index (κ2) is 5.28. The highest BCUT2D eigenvalue weighted by molar-refractivity contribution is 5.96. The van der Waals surface area contributed by atoms with Gasteiger partial charge in [-0.15, -0.1) is 0 Å². The lowest BCUT2D eigenvalue weighted by Crippen LogP contribution is -2.31. The third-order valence-corrected chi connectivity index (χ3v) is 1.75. The van der Waals surface area contributed by atoms with E-state index in [2.05, 4.69) is 9.72 Å². The van der Waals surface area contributed by atoms with E-state index < -0.39 is 41.7 Å². The van der Waals surface area contributed by atoms with Gasteiger partial charge >= 0.3 is 5.97 Å². The minimum Gasteiger partial charge on any atom is -0.468 e. The molecule has 0 radical (unpaired) electrons. The van der Waals surface area contributed by atoms with Gasteiger partial charge in [0, 0.05) is 6.07 Å². The monoisotopic (exact) mass is 248 g/mol. The normalized spacial score (nSPS) is 9.88. The van der Waals surface area contributed by atoms with Crippen LogP contribution in [-0.2, 0) is 9.53 Å². The first-order valence-electron chi connectivity index (χ1n) is 4.32. The number of pyridine rings is 1. The smallest absolute Gasteiger partial charge is 0.325 e. The number of halogens is 3. The molecule has 0 saturated heterocycles. The van der Waals surface area contributed by atoms with Crippen LogP contribution in [0, 0.1) is 17.7 Å². The number of ether oxygens (including phenoxy) is 1. The summed E-state index contributed by atoms with van der Waals surface area (Å²) in [5.74, 6) is -6.59. The summed E-state index contributed by atoms with van der Waals surface area (Å²) >= 11 is 0. The van der Waals surface area contributed by atoms with Gasteiger partial charge in [0.1, 0.15) is 6.54 Å². The van der Waals surface area contributed by atoms with Gasteiger partial charge in [-0.1, -0.05) is 0 Å². The predicted molar refractivity (Wildman–Crippen MR) is 48.5 cm³/mol. The van der Waals surface area contributed by atoms with Crippen LogP contribution in [0.2, 0.25) is 0 Å². The van der Waals surface area contributed by atoms with Crippen molar-refractivity contribution in [1.29, 1.82) is 0 Å². The summed E-state index contributed by atoms with van der Waals surface area (Å²) in [6, 6.07) is 0.422. The molecule has 0 aliphatic rings. The Hall–Kier alpha value is -2.12. The van der Waals surface area contributed by atoms with E-state index >= 15 is 0 Å². The van der Waals surface area contributed by atoms with Crippen LogP contribution in [0.3, 0.4) is 0 Å². The van der Waals surface area contributed by atoms with Crippen molar-refractivity contribution >= 4 is 11.9 Å². The van der Waals surface area contributed by atoms with Crippen LogP contribution in [0.15, 0.2) is 6.07 Å². The van der Waals surface area contributed by atoms with Gasteiger partial charge in [-0.3, -0.25) is 9.59 Å². The number of esters is 1. The summed E-state index contributed by atoms with van der Waals surface area (Å²) in [6.07, 6.45) is 0. The summed E-state index contributed by atoms with van der Waals surface area (Å²) in [5, 5.41) is 1.93. The Morgan fingerprint density at radius 1 is 1.41 bits per heavy atom. The fourth-order valence-corrected chi connectivity index (χ4v) is 0.954. The molecule has 1 N–H and O–H groups in total. The maximum atomic E-state index is 13.1. The standard InChI is InChI=1S/C9H7F3N2O3/c1-17-6(15)3-13-9(16)4-2-5(10)14-8(12)7(4)11/h2H,3H2,1H3,(H,13,16). The molecule has 0 saturated carbocycles. The molecule has 92 valence electrons. The van der Waals surface area contributed by atoms with E-state index in [1.165, 1.54) is 0 Å². The van der Waals surface area contributed by atoms with Crippen LogP contribution in [-0.4, -0.2) is 30.5 Å². The number of methoxy groups -OCH3 is 1. The zero-order valence-electron chi connectivity index (χ0n) is 8.59. The van der Waals surface area contributed by atoms with E-state index in [0.29, 0.717) is 6.07 Å². The highest BCUT2D eigenvalue weighted by atomic mass is 19.2. The number of nitrogens with zero attached hydrogens (tertiary/aromatic N) is 1. The topological polar surface area (TPSA) is 68.3 Å². The van der Waals surface area contributed by atoms with Gasteiger partial charge in [0.05, 0.1) is 12.7 Å². The number of carbonyl (C=O) groups is 2. The molecule has 1 heterocycles. The van der Waals surface area contributed by atoms with Crippen molar-refractivity contribution in [2.24, 2.45) is 0 Å². The molecule has 1 amide bonds. The third-order valence-electron chi connectivity index (χ3n) is 1.75. The Bertz CT molecular complexity index is 465. The van der Waals surface area contributed by atoms with E-state index in [4.69, 9.17) is 0 Å². The van der Waals surface area contributed by atoms with E-state index in [-0.39, 0.29) is 0 Å². The summed E-state index contributed by atoms with van der Waals surface area (Å²) in [5.41, 5.74) is -0.876. The van der Waals surface area contributed by atoms with E-state index in [1.807, 2.05) is 5.32 Å². The largest absolute Gasteiger partial charge is 0.468 e. The van der Waals surface area contributed by atoms with Crippen molar-refractivity contribution in [3.63, 3.8) is 0 Å². The lowest BCUT2D eigenvalue weighted by Gasteiger charge is -2.05. The average Bonchev–Trinajstić information content (AvgIpc) is 2.30. The van der Waals surface area contributed by atoms with Crippen molar-refractivity contribution in [3.8, 4) is 0 Å². The molecule has 8 heteroatoms. The second-order valence-electron chi connectivity index (χ2n) is 2.86. The minimum atomic E-state index is -1.73. The van der Waals surface area contributed by atoms with E-state index in [9.17, 15) is 22.8 Å². The van der Waals surface area contributed by atoms with Crippen molar-refractivity contribution < 1.29 is 27.5 Å². The lowest BCUT2D eigenvalue weighted by atomic mass is 10.2. The van der Waals surface area contributed by atoms with Crippen LogP contribution < -0.4 is 5.32 Å². The molecule has 0 bridgehead atoms. The SMILES string of the molecule is COC(=O)CNC(=O)c1cc(F)nc(F)c1F. The average molecular weight is 248 g/mol. The van der Waals surface area contributed by atoms with E-state index in [1.54, 1.807) is 0 Å². The molecule has 0 unspecified atom stereocenters. The number of nitrogens with one attached hydrogen (secondary N) is 1. The zero-order chi connectivity index (χ0) is 13.0. The Kier molecular flexibility index (Phi) is 4.02. The highest BCUT2D eigenvalue weighted by Crippen LogP contribution is 2.10. The Balaban J connectivity index is 2.86. The number of carbonyl (C=O) groups excluding carboxylic acids is 2. The predicted octanol–water partition coefficient (Wildman–Crippen LogP) is 0.402. The molecular weight excluding hydrogens is 241 g/mol. The summed E-state index contributed by atoms with van der Waals surface area (Å²) in [7, 11) is 1.08. The molecule has 0 fully saturated rings. The first-order chi connectivity index (χ1) is 7.95. The fourth-order valence-electron chi connectivity index (χ4n) is 0.954. The first kappa shape index (κ1) is 12.9. The van der Waals surface area contributed by atoms with Gasteiger partial charge < -0.3 is 10.1 Å². The van der Waals surface area contributed by atoms with Gasteiger partial charge in [0.15, 0.2) is 5.82 Å². The molecule has 0 aliphatic carbocycles. The molecule has 17 heavy (non-hydrogen) atoms. The van der Waals surface area contributed by atoms with Crippen LogP contribution in [0.1, 0.15) is 10.4 Å². The Morgan fingerprint density at radius 2 is 2.06 bits per heavy atom. The molecule has 1 aromatic heterocycles. The molecule has 1 rings (SSSR count). The molecule has 0 aromatic carbocycles. The summed E-state index contributed by atoms with van der Waals surface area (Å²) < 4.78 is 42.6. The first-order valence-corrected chi connectivity index (χ1v) is 4.32. The van der Waals surface area contributed by atoms with Crippen molar-refractivity contribution in [3.05, 3.63) is 29.3 Å². The fraction of sp³-hybridized carbons (Fsp3) is 0.222. The third kappa shape index (κ3) is 3.16. The number of hydrogen-bond donors (Lipinski definition) is 1. The maximum Gasteiger partial charge on any atom is 0.325 e. The lowest BCUT2D eigenvalue weighted by molar-refractivity contribution is -0.139. The molecule has 0 atom stereocenters. The van der Waals surface area contributed by atoms with Crippen LogP contribution in [0.5, 0.6) is 0 Å². The maximum absolute atomic E-state index is 13.1. The second-order valence-corrected chi connectivity index (χ2v) is 2.86. The van der Waals surface area contributed by atoms with Crippen LogP contribution >= 0.6 is 0 Å². The van der Waals surface area contributed by atoms with Crippen LogP contribution in [0.25, 0.3) is 0 Å². The Morgan fingerprint density at radius 3 is 2.65 bits per heavy atom. The molecule has 1 aromatic rings. The number of rotatable bonds is 3. The number of aromatic nitrogens is 1. The Labute approximate surface area is 93.6 Å². The van der Waals surface area contributed by atoms with Crippen molar-refractivity contribution in [2.45, 2.75) is 0 Å². The van der Waals surface area contributed by atoms with Gasteiger partial charge in [0.25, 0.3) is 11.9 Å². The van der Waals surface area contributed by atoms with Crippen molar-refractivity contribution in [2.75, 3.05) is 13.7 Å². The molecular formula is C9H7F3N2O3. The zero-order valence-corrected chi connectivity index (χ0v) is 8.59. The van der Waals surface area contributed by atoms with Gasteiger partial charge in [-0.25, -0.2) is 4.39 Å². The molecule has 0 aliphatic heterocycles. The van der Waals surface area contributed by atoms with E-state index in [0.717, 1.165) is 7.11 Å².